The van der Waals surface area contributed by atoms with Gasteiger partial charge in [-0.2, -0.15) is 0 Å². The molecule has 164 valence electrons. The number of rotatable bonds is 8. The minimum Gasteiger partial charge on any atom is -0.361 e. The number of fused-ring (bicyclic) bond motifs is 2. The first-order valence-corrected chi connectivity index (χ1v) is 11.8. The molecule has 0 bridgehead atoms. The predicted octanol–water partition coefficient (Wildman–Crippen LogP) is 5.42. The highest BCUT2D eigenvalue weighted by Crippen LogP contribution is 2.24. The van der Waals surface area contributed by atoms with E-state index in [9.17, 15) is 0 Å². The number of aromatic nitrogens is 2. The fourth-order valence-corrected chi connectivity index (χ4v) is 4.68. The summed E-state index contributed by atoms with van der Waals surface area (Å²) in [5, 5.41) is 9.49. The van der Waals surface area contributed by atoms with Gasteiger partial charge in [-0.3, -0.25) is 0 Å². The quantitative estimate of drug-likeness (QED) is 0.290. The predicted molar refractivity (Wildman–Crippen MR) is 133 cm³/mol. The number of likely N-dealkylation sites (N-methyl/N-ethyl adjacent to an activating group) is 1. The molecule has 0 spiro atoms. The smallest absolute Gasteiger partial charge is 0.0456 e. The van der Waals surface area contributed by atoms with Crippen LogP contribution >= 0.6 is 0 Å². The molecule has 2 heterocycles. The van der Waals surface area contributed by atoms with Gasteiger partial charge in [-0.25, -0.2) is 0 Å². The molecule has 1 aliphatic rings. The molecule has 0 atom stereocenters. The van der Waals surface area contributed by atoms with Crippen molar-refractivity contribution in [3.8, 4) is 0 Å². The highest BCUT2D eigenvalue weighted by Gasteiger charge is 2.13. The molecule has 4 aromatic rings. The fraction of sp³-hybridized carbons (Fsp3) is 0.407. The molecule has 0 radical (unpaired) electrons. The van der Waals surface area contributed by atoms with Gasteiger partial charge in [-0.05, 0) is 81.5 Å². The average molecular weight is 417 g/mol. The van der Waals surface area contributed by atoms with Crippen molar-refractivity contribution in [1.82, 2.24) is 20.6 Å². The number of hydrogen-bond donors (Lipinski definition) is 4. The summed E-state index contributed by atoms with van der Waals surface area (Å²) in [7, 11) is 1.98. The van der Waals surface area contributed by atoms with E-state index in [1.165, 1.54) is 65.2 Å². The second-order valence-electron chi connectivity index (χ2n) is 8.68. The molecule has 2 aromatic heterocycles. The van der Waals surface area contributed by atoms with Crippen LogP contribution in [0, 0.1) is 5.92 Å². The summed E-state index contributed by atoms with van der Waals surface area (Å²) in [4.78, 5) is 6.61. The SMILES string of the molecule is CNCCc1c[nH]c2ccccc12.c1ccc2c(CCNCC3CCCC3)c[nH]c2c1. The molecule has 1 fully saturated rings. The summed E-state index contributed by atoms with van der Waals surface area (Å²) >= 11 is 0. The van der Waals surface area contributed by atoms with Gasteiger partial charge in [0.05, 0.1) is 0 Å². The highest BCUT2D eigenvalue weighted by molar-refractivity contribution is 5.83. The molecule has 0 aliphatic heterocycles. The number of hydrogen-bond acceptors (Lipinski definition) is 2. The van der Waals surface area contributed by atoms with Gasteiger partial charge in [0.15, 0.2) is 0 Å². The molecule has 31 heavy (non-hydrogen) atoms. The first-order chi connectivity index (χ1) is 15.3. The van der Waals surface area contributed by atoms with Crippen molar-refractivity contribution >= 4 is 21.8 Å². The lowest BCUT2D eigenvalue weighted by Gasteiger charge is -2.09. The molecule has 1 aliphatic carbocycles. The number of para-hydroxylation sites is 2. The Kier molecular flexibility index (Phi) is 7.81. The van der Waals surface area contributed by atoms with Gasteiger partial charge < -0.3 is 20.6 Å². The normalized spacial score (nSPS) is 14.2. The van der Waals surface area contributed by atoms with E-state index in [2.05, 4.69) is 81.5 Å². The van der Waals surface area contributed by atoms with Crippen molar-refractivity contribution in [2.45, 2.75) is 38.5 Å². The van der Waals surface area contributed by atoms with E-state index in [1.807, 2.05) is 7.05 Å². The Bertz CT molecular complexity index is 1060. The second-order valence-corrected chi connectivity index (χ2v) is 8.68. The van der Waals surface area contributed by atoms with Crippen LogP contribution in [0.15, 0.2) is 60.9 Å². The first kappa shape index (κ1) is 21.7. The van der Waals surface area contributed by atoms with Crippen molar-refractivity contribution in [3.05, 3.63) is 72.1 Å². The molecule has 5 rings (SSSR count). The van der Waals surface area contributed by atoms with Gasteiger partial charge in [-0.15, -0.1) is 0 Å². The number of aromatic amines is 2. The molecule has 0 amide bonds. The Labute approximate surface area is 185 Å². The third kappa shape index (κ3) is 5.78. The van der Waals surface area contributed by atoms with Crippen LogP contribution < -0.4 is 10.6 Å². The molecule has 4 nitrogen and oxygen atoms in total. The van der Waals surface area contributed by atoms with Gasteiger partial charge in [0.25, 0.3) is 0 Å². The van der Waals surface area contributed by atoms with Crippen molar-refractivity contribution in [3.63, 3.8) is 0 Å². The second kappa shape index (κ2) is 11.2. The molecule has 4 heteroatoms. The minimum absolute atomic E-state index is 0.938. The lowest BCUT2D eigenvalue weighted by Crippen LogP contribution is -2.23. The van der Waals surface area contributed by atoms with Crippen molar-refractivity contribution < 1.29 is 0 Å². The van der Waals surface area contributed by atoms with E-state index in [-0.39, 0.29) is 0 Å². The number of H-pyrrole nitrogens is 2. The van der Waals surface area contributed by atoms with Crippen LogP contribution in [0.4, 0.5) is 0 Å². The van der Waals surface area contributed by atoms with Crippen molar-refractivity contribution in [2.24, 2.45) is 5.92 Å². The average Bonchev–Trinajstić information content (AvgIpc) is 3.56. The summed E-state index contributed by atoms with van der Waals surface area (Å²) in [6, 6.07) is 17.0. The zero-order valence-corrected chi connectivity index (χ0v) is 18.7. The zero-order chi connectivity index (χ0) is 21.3. The van der Waals surface area contributed by atoms with Gasteiger partial charge in [0, 0.05) is 34.2 Å². The van der Waals surface area contributed by atoms with Crippen LogP contribution in [-0.2, 0) is 12.8 Å². The van der Waals surface area contributed by atoms with Crippen LogP contribution in [0.25, 0.3) is 21.8 Å². The summed E-state index contributed by atoms with van der Waals surface area (Å²) < 4.78 is 0. The maximum atomic E-state index is 3.62. The Morgan fingerprint density at radius 3 is 1.90 bits per heavy atom. The third-order valence-corrected chi connectivity index (χ3v) is 6.47. The van der Waals surface area contributed by atoms with E-state index >= 15 is 0 Å². The molecule has 0 saturated heterocycles. The molecule has 4 N–H and O–H groups in total. The van der Waals surface area contributed by atoms with Crippen LogP contribution in [-0.4, -0.2) is 36.6 Å². The molecule has 0 unspecified atom stereocenters. The summed E-state index contributed by atoms with van der Waals surface area (Å²) in [5.74, 6) is 0.938. The van der Waals surface area contributed by atoms with Crippen LogP contribution in [0.1, 0.15) is 36.8 Å². The summed E-state index contributed by atoms with van der Waals surface area (Å²) in [5.41, 5.74) is 5.31. The Morgan fingerprint density at radius 2 is 1.32 bits per heavy atom. The lowest BCUT2D eigenvalue weighted by molar-refractivity contribution is 0.492. The fourth-order valence-electron chi connectivity index (χ4n) is 4.68. The maximum Gasteiger partial charge on any atom is 0.0456 e. The highest BCUT2D eigenvalue weighted by atomic mass is 14.9. The van der Waals surface area contributed by atoms with E-state index in [0.29, 0.717) is 0 Å². The van der Waals surface area contributed by atoms with Crippen molar-refractivity contribution in [2.75, 3.05) is 26.7 Å². The standard InChI is InChI=1S/C16H22N2.C11H14N2/c1-2-6-13(5-1)11-17-10-9-14-12-18-16-8-4-3-7-15(14)16;1-12-7-6-9-8-13-11-5-3-2-4-10(9)11/h3-4,7-8,12-13,17-18H,1-2,5-6,9-11H2;2-5,8,12-13H,6-7H2,1H3. The van der Waals surface area contributed by atoms with Crippen LogP contribution in [0.5, 0.6) is 0 Å². The largest absolute Gasteiger partial charge is 0.361 e. The summed E-state index contributed by atoms with van der Waals surface area (Å²) in [6.45, 7) is 3.34. The Morgan fingerprint density at radius 1 is 0.774 bits per heavy atom. The van der Waals surface area contributed by atoms with Crippen molar-refractivity contribution in [1.29, 1.82) is 0 Å². The Balaban J connectivity index is 0.000000158. The van der Waals surface area contributed by atoms with E-state index < -0.39 is 0 Å². The lowest BCUT2D eigenvalue weighted by atomic mass is 10.1. The van der Waals surface area contributed by atoms with E-state index in [0.717, 1.165) is 31.8 Å². The van der Waals surface area contributed by atoms with E-state index in [4.69, 9.17) is 0 Å². The number of nitrogens with one attached hydrogen (secondary N) is 4. The minimum atomic E-state index is 0.938. The summed E-state index contributed by atoms with van der Waals surface area (Å²) in [6.07, 6.45) is 12.2. The molecular weight excluding hydrogens is 380 g/mol. The Hall–Kier alpha value is -2.56. The van der Waals surface area contributed by atoms with E-state index in [1.54, 1.807) is 0 Å². The maximum absolute atomic E-state index is 3.62. The van der Waals surface area contributed by atoms with Crippen LogP contribution in [0.3, 0.4) is 0 Å². The monoisotopic (exact) mass is 416 g/mol. The first-order valence-electron chi connectivity index (χ1n) is 11.8. The van der Waals surface area contributed by atoms with Crippen LogP contribution in [0.2, 0.25) is 0 Å². The molecule has 1 saturated carbocycles. The topological polar surface area (TPSA) is 55.6 Å². The van der Waals surface area contributed by atoms with Gasteiger partial charge in [0.1, 0.15) is 0 Å². The molecular formula is C27H36N4. The number of benzene rings is 2. The zero-order valence-electron chi connectivity index (χ0n) is 18.7. The third-order valence-electron chi connectivity index (χ3n) is 6.47. The molecule has 2 aromatic carbocycles. The van der Waals surface area contributed by atoms with Gasteiger partial charge >= 0.3 is 0 Å². The van der Waals surface area contributed by atoms with Gasteiger partial charge in [-0.1, -0.05) is 49.2 Å². The van der Waals surface area contributed by atoms with Gasteiger partial charge in [0.2, 0.25) is 0 Å².